The molecule has 1 aliphatic rings. The van der Waals surface area contributed by atoms with Crippen molar-refractivity contribution < 1.29 is 24.5 Å². The van der Waals surface area contributed by atoms with Gasteiger partial charge in [-0.2, -0.15) is 0 Å². The number of likely N-dealkylation sites (tertiary alicyclic amines) is 1. The summed E-state index contributed by atoms with van der Waals surface area (Å²) in [6.45, 7) is 6.64. The first-order chi connectivity index (χ1) is 11.5. The van der Waals surface area contributed by atoms with Gasteiger partial charge < -0.3 is 20.3 Å². The number of hydrogen-bond acceptors (Lipinski definition) is 5. The minimum atomic E-state index is -1.82. The van der Waals surface area contributed by atoms with Gasteiger partial charge in [0.15, 0.2) is 0 Å². The van der Waals surface area contributed by atoms with Crippen LogP contribution in [0.2, 0.25) is 0 Å². The standard InChI is InChI=1S/C15H24N2O.C2H2O4/c1-3-17-10-6-8-14(17)12-16-11-13-7-4-5-9-15(13)18-2;3-1(4)2(5)6/h4-5,7,9,14,16H,3,6,8,10-12H2,1-2H3;(H,3,4)(H,5,6). The first-order valence-corrected chi connectivity index (χ1v) is 8.02. The Morgan fingerprint density at radius 3 is 2.54 bits per heavy atom. The third-order valence-corrected chi connectivity index (χ3v) is 3.98. The molecule has 7 nitrogen and oxygen atoms in total. The fourth-order valence-electron chi connectivity index (χ4n) is 2.77. The van der Waals surface area contributed by atoms with Gasteiger partial charge in [0, 0.05) is 24.7 Å². The number of carboxylic acids is 2. The number of benzene rings is 1. The number of likely N-dealkylation sites (N-methyl/N-ethyl adjacent to an activating group) is 1. The highest BCUT2D eigenvalue weighted by Gasteiger charge is 2.22. The van der Waals surface area contributed by atoms with Crippen molar-refractivity contribution in [2.75, 3.05) is 26.7 Å². The first kappa shape index (κ1) is 19.9. The Kier molecular flexibility index (Phi) is 8.81. The molecule has 1 atom stereocenters. The quantitative estimate of drug-likeness (QED) is 0.675. The normalized spacial score (nSPS) is 17.0. The second-order valence-electron chi connectivity index (χ2n) is 5.48. The third kappa shape index (κ3) is 6.55. The number of nitrogens with one attached hydrogen (secondary N) is 1. The predicted molar refractivity (Wildman–Crippen MR) is 90.2 cm³/mol. The monoisotopic (exact) mass is 338 g/mol. The predicted octanol–water partition coefficient (Wildman–Crippen LogP) is 1.42. The van der Waals surface area contributed by atoms with Crippen molar-refractivity contribution in [2.45, 2.75) is 32.4 Å². The van der Waals surface area contributed by atoms with Crippen molar-refractivity contribution in [3.8, 4) is 5.75 Å². The van der Waals surface area contributed by atoms with Crippen molar-refractivity contribution >= 4 is 11.9 Å². The number of carboxylic acid groups (broad SMARTS) is 2. The van der Waals surface area contributed by atoms with Crippen LogP contribution >= 0.6 is 0 Å². The van der Waals surface area contributed by atoms with Crippen LogP contribution in [0.5, 0.6) is 5.75 Å². The molecule has 0 spiro atoms. The number of rotatable bonds is 6. The fourth-order valence-corrected chi connectivity index (χ4v) is 2.77. The minimum Gasteiger partial charge on any atom is -0.496 e. The maximum absolute atomic E-state index is 9.10. The topological polar surface area (TPSA) is 99.1 Å². The zero-order chi connectivity index (χ0) is 17.9. The summed E-state index contributed by atoms with van der Waals surface area (Å²) in [4.78, 5) is 20.8. The molecule has 1 aromatic rings. The summed E-state index contributed by atoms with van der Waals surface area (Å²) in [5.41, 5.74) is 1.24. The van der Waals surface area contributed by atoms with E-state index >= 15 is 0 Å². The number of ether oxygens (including phenoxy) is 1. The highest BCUT2D eigenvalue weighted by Crippen LogP contribution is 2.18. The average Bonchev–Trinajstić information content (AvgIpc) is 3.03. The molecule has 134 valence electrons. The Labute approximate surface area is 142 Å². The summed E-state index contributed by atoms with van der Waals surface area (Å²) in [6.07, 6.45) is 2.67. The molecule has 0 aromatic heterocycles. The molecule has 2 rings (SSSR count). The smallest absolute Gasteiger partial charge is 0.414 e. The molecule has 24 heavy (non-hydrogen) atoms. The number of aliphatic carboxylic acids is 2. The molecule has 1 aliphatic heterocycles. The molecule has 1 unspecified atom stereocenters. The number of methoxy groups -OCH3 is 1. The Bertz CT molecular complexity index is 523. The van der Waals surface area contributed by atoms with E-state index in [1.807, 2.05) is 12.1 Å². The van der Waals surface area contributed by atoms with Crippen molar-refractivity contribution in [3.05, 3.63) is 29.8 Å². The van der Waals surface area contributed by atoms with E-state index in [-0.39, 0.29) is 0 Å². The number of hydrogen-bond donors (Lipinski definition) is 3. The van der Waals surface area contributed by atoms with Crippen LogP contribution in [-0.2, 0) is 16.1 Å². The van der Waals surface area contributed by atoms with Gasteiger partial charge in [-0.25, -0.2) is 9.59 Å². The molecule has 0 saturated carbocycles. The number of carbonyl (C=O) groups is 2. The van der Waals surface area contributed by atoms with Gasteiger partial charge in [-0.3, -0.25) is 4.90 Å². The van der Waals surface area contributed by atoms with Crippen LogP contribution in [0.4, 0.5) is 0 Å². The second-order valence-corrected chi connectivity index (χ2v) is 5.48. The zero-order valence-electron chi connectivity index (χ0n) is 14.2. The second kappa shape index (κ2) is 10.6. The molecular formula is C17H26N2O5. The summed E-state index contributed by atoms with van der Waals surface area (Å²) in [6, 6.07) is 8.93. The van der Waals surface area contributed by atoms with Crippen molar-refractivity contribution in [3.63, 3.8) is 0 Å². The van der Waals surface area contributed by atoms with E-state index in [4.69, 9.17) is 24.5 Å². The zero-order valence-corrected chi connectivity index (χ0v) is 14.2. The Morgan fingerprint density at radius 2 is 1.96 bits per heavy atom. The van der Waals surface area contributed by atoms with Crippen LogP contribution in [0.25, 0.3) is 0 Å². The van der Waals surface area contributed by atoms with E-state index in [0.717, 1.165) is 18.8 Å². The highest BCUT2D eigenvalue weighted by molar-refractivity contribution is 6.27. The van der Waals surface area contributed by atoms with E-state index in [2.05, 4.69) is 29.3 Å². The highest BCUT2D eigenvalue weighted by atomic mass is 16.5. The van der Waals surface area contributed by atoms with E-state index in [1.165, 1.54) is 31.5 Å². The molecule has 0 aliphatic carbocycles. The summed E-state index contributed by atoms with van der Waals surface area (Å²) in [5, 5.41) is 18.3. The minimum absolute atomic E-state index is 0.713. The lowest BCUT2D eigenvalue weighted by Crippen LogP contribution is -2.37. The van der Waals surface area contributed by atoms with Crippen molar-refractivity contribution in [1.29, 1.82) is 0 Å². The third-order valence-electron chi connectivity index (χ3n) is 3.98. The SMILES string of the molecule is CCN1CCCC1CNCc1ccccc1OC.O=C(O)C(=O)O. The Morgan fingerprint density at radius 1 is 1.29 bits per heavy atom. The maximum Gasteiger partial charge on any atom is 0.414 e. The lowest BCUT2D eigenvalue weighted by Gasteiger charge is -2.23. The molecule has 1 aromatic carbocycles. The van der Waals surface area contributed by atoms with Crippen LogP contribution in [0.15, 0.2) is 24.3 Å². The lowest BCUT2D eigenvalue weighted by atomic mass is 10.2. The number of para-hydroxylation sites is 1. The molecule has 1 fully saturated rings. The average molecular weight is 338 g/mol. The van der Waals surface area contributed by atoms with Crippen LogP contribution in [0.3, 0.4) is 0 Å². The molecule has 0 radical (unpaired) electrons. The van der Waals surface area contributed by atoms with E-state index in [0.29, 0.717) is 6.04 Å². The number of nitrogens with zero attached hydrogens (tertiary/aromatic N) is 1. The summed E-state index contributed by atoms with van der Waals surface area (Å²) in [7, 11) is 1.73. The van der Waals surface area contributed by atoms with E-state index in [9.17, 15) is 0 Å². The fraction of sp³-hybridized carbons (Fsp3) is 0.529. The molecule has 1 heterocycles. The summed E-state index contributed by atoms with van der Waals surface area (Å²) < 4.78 is 5.36. The van der Waals surface area contributed by atoms with Gasteiger partial charge in [-0.1, -0.05) is 25.1 Å². The molecule has 3 N–H and O–H groups in total. The molecule has 7 heteroatoms. The maximum atomic E-state index is 9.10. The van der Waals surface area contributed by atoms with Gasteiger partial charge in [0.1, 0.15) is 5.75 Å². The van der Waals surface area contributed by atoms with Gasteiger partial charge in [-0.05, 0) is 32.0 Å². The summed E-state index contributed by atoms with van der Waals surface area (Å²) in [5.74, 6) is -2.67. The summed E-state index contributed by atoms with van der Waals surface area (Å²) >= 11 is 0. The van der Waals surface area contributed by atoms with Gasteiger partial charge >= 0.3 is 11.9 Å². The van der Waals surface area contributed by atoms with Gasteiger partial charge in [0.05, 0.1) is 7.11 Å². The van der Waals surface area contributed by atoms with Crippen LogP contribution in [0.1, 0.15) is 25.3 Å². The first-order valence-electron chi connectivity index (χ1n) is 8.02. The van der Waals surface area contributed by atoms with Gasteiger partial charge in [0.2, 0.25) is 0 Å². The Hall–Kier alpha value is -2.12. The Balaban J connectivity index is 0.000000413. The lowest BCUT2D eigenvalue weighted by molar-refractivity contribution is -0.159. The van der Waals surface area contributed by atoms with E-state index in [1.54, 1.807) is 7.11 Å². The molecule has 0 bridgehead atoms. The van der Waals surface area contributed by atoms with E-state index < -0.39 is 11.9 Å². The van der Waals surface area contributed by atoms with Gasteiger partial charge in [-0.15, -0.1) is 0 Å². The van der Waals surface area contributed by atoms with Gasteiger partial charge in [0.25, 0.3) is 0 Å². The van der Waals surface area contributed by atoms with Crippen LogP contribution < -0.4 is 10.1 Å². The van der Waals surface area contributed by atoms with Crippen molar-refractivity contribution in [1.82, 2.24) is 10.2 Å². The van der Waals surface area contributed by atoms with Crippen LogP contribution in [-0.4, -0.2) is 59.8 Å². The largest absolute Gasteiger partial charge is 0.496 e. The molecular weight excluding hydrogens is 312 g/mol. The van der Waals surface area contributed by atoms with Crippen LogP contribution in [0, 0.1) is 0 Å². The molecule has 1 saturated heterocycles. The van der Waals surface area contributed by atoms with Crippen molar-refractivity contribution in [2.24, 2.45) is 0 Å². The molecule has 0 amide bonds.